The van der Waals surface area contributed by atoms with E-state index in [9.17, 15) is 0 Å². The molecule has 1 aromatic rings. The van der Waals surface area contributed by atoms with E-state index in [4.69, 9.17) is 4.42 Å². The van der Waals surface area contributed by atoms with Gasteiger partial charge in [0.05, 0.1) is 12.8 Å². The Kier molecular flexibility index (Phi) is 5.24. The van der Waals surface area contributed by atoms with Gasteiger partial charge in [-0.05, 0) is 33.4 Å². The molecule has 1 saturated heterocycles. The summed E-state index contributed by atoms with van der Waals surface area (Å²) in [6, 6.07) is 2.09. The van der Waals surface area contributed by atoms with Crippen LogP contribution < -0.4 is 5.32 Å². The van der Waals surface area contributed by atoms with E-state index >= 15 is 0 Å². The number of nitrogens with one attached hydrogen (secondary N) is 1. The molecule has 114 valence electrons. The summed E-state index contributed by atoms with van der Waals surface area (Å²) in [5.74, 6) is 1.12. The predicted molar refractivity (Wildman–Crippen MR) is 82.7 cm³/mol. The summed E-state index contributed by atoms with van der Waals surface area (Å²) < 4.78 is 5.66. The largest absolute Gasteiger partial charge is 0.468 e. The summed E-state index contributed by atoms with van der Waals surface area (Å²) in [6.07, 6.45) is 1.81. The Morgan fingerprint density at radius 3 is 2.50 bits per heavy atom. The van der Waals surface area contributed by atoms with Crippen LogP contribution in [-0.4, -0.2) is 48.1 Å². The van der Waals surface area contributed by atoms with Crippen molar-refractivity contribution in [2.75, 3.05) is 32.7 Å². The molecular weight excluding hydrogens is 250 g/mol. The van der Waals surface area contributed by atoms with Crippen molar-refractivity contribution in [1.29, 1.82) is 0 Å². The highest BCUT2D eigenvalue weighted by Crippen LogP contribution is 2.18. The average molecular weight is 279 g/mol. The summed E-state index contributed by atoms with van der Waals surface area (Å²) in [6.45, 7) is 16.4. The number of nitrogens with zero attached hydrogens (tertiary/aromatic N) is 2. The lowest BCUT2D eigenvalue weighted by Crippen LogP contribution is -2.53. The predicted octanol–water partition coefficient (Wildman–Crippen LogP) is 2.31. The van der Waals surface area contributed by atoms with Crippen LogP contribution >= 0.6 is 0 Å². The maximum atomic E-state index is 5.66. The first-order valence-corrected chi connectivity index (χ1v) is 7.74. The van der Waals surface area contributed by atoms with Gasteiger partial charge in [-0.2, -0.15) is 0 Å². The van der Waals surface area contributed by atoms with Crippen LogP contribution in [0.5, 0.6) is 0 Å². The van der Waals surface area contributed by atoms with E-state index in [0.29, 0.717) is 0 Å². The molecule has 20 heavy (non-hydrogen) atoms. The van der Waals surface area contributed by atoms with Gasteiger partial charge in [-0.25, -0.2) is 0 Å². The lowest BCUT2D eigenvalue weighted by molar-refractivity contribution is 0.0561. The maximum absolute atomic E-state index is 5.66. The van der Waals surface area contributed by atoms with Crippen molar-refractivity contribution in [2.45, 2.75) is 46.3 Å². The van der Waals surface area contributed by atoms with Gasteiger partial charge in [-0.15, -0.1) is 0 Å². The Balaban J connectivity index is 1.85. The van der Waals surface area contributed by atoms with E-state index in [2.05, 4.69) is 48.9 Å². The minimum atomic E-state index is 0.285. The summed E-state index contributed by atoms with van der Waals surface area (Å²) in [5.41, 5.74) is 1.58. The zero-order chi connectivity index (χ0) is 14.6. The molecule has 0 spiro atoms. The van der Waals surface area contributed by atoms with E-state index in [1.807, 2.05) is 6.26 Å². The second kappa shape index (κ2) is 6.74. The van der Waals surface area contributed by atoms with Crippen LogP contribution in [0, 0.1) is 0 Å². The zero-order valence-corrected chi connectivity index (χ0v) is 13.4. The number of hydrogen-bond acceptors (Lipinski definition) is 4. The quantitative estimate of drug-likeness (QED) is 0.896. The Labute approximate surface area is 123 Å². The number of furan rings is 1. The molecule has 0 aliphatic carbocycles. The number of piperazine rings is 1. The fourth-order valence-corrected chi connectivity index (χ4v) is 2.70. The Hall–Kier alpha value is -0.840. The van der Waals surface area contributed by atoms with E-state index in [1.54, 1.807) is 0 Å². The molecule has 4 heteroatoms. The molecule has 0 aromatic carbocycles. The average Bonchev–Trinajstić information content (AvgIpc) is 2.83. The van der Waals surface area contributed by atoms with E-state index in [0.717, 1.165) is 51.6 Å². The van der Waals surface area contributed by atoms with Gasteiger partial charge in [-0.3, -0.25) is 9.80 Å². The normalized spacial score (nSPS) is 18.6. The Bertz CT molecular complexity index is 400. The van der Waals surface area contributed by atoms with Crippen LogP contribution in [0.25, 0.3) is 0 Å². The molecule has 4 nitrogen and oxygen atoms in total. The van der Waals surface area contributed by atoms with Gasteiger partial charge in [0.1, 0.15) is 5.76 Å². The highest BCUT2D eigenvalue weighted by atomic mass is 16.3. The molecule has 2 rings (SSSR count). The smallest absolute Gasteiger partial charge is 0.122 e. The molecule has 0 bridgehead atoms. The molecule has 1 aliphatic rings. The second-order valence-corrected chi connectivity index (χ2v) is 6.58. The lowest BCUT2D eigenvalue weighted by Gasteiger charge is -2.42. The van der Waals surface area contributed by atoms with Crippen molar-refractivity contribution in [3.8, 4) is 0 Å². The summed E-state index contributed by atoms with van der Waals surface area (Å²) in [7, 11) is 0. The monoisotopic (exact) mass is 279 g/mol. The van der Waals surface area contributed by atoms with Crippen LogP contribution in [0.4, 0.5) is 0 Å². The third-order valence-corrected chi connectivity index (χ3v) is 4.09. The van der Waals surface area contributed by atoms with E-state index in [1.165, 1.54) is 5.56 Å². The molecule has 1 N–H and O–H groups in total. The third kappa shape index (κ3) is 4.08. The molecule has 2 heterocycles. The Morgan fingerprint density at radius 1 is 1.20 bits per heavy atom. The standard InChI is InChI=1S/C16H29N3O/c1-5-17-12-14-6-11-20-15(14)13-18-7-9-19(10-8-18)16(2,3)4/h6,11,17H,5,7-10,12-13H2,1-4H3. The van der Waals surface area contributed by atoms with Gasteiger partial charge >= 0.3 is 0 Å². The summed E-state index contributed by atoms with van der Waals surface area (Å²) in [4.78, 5) is 5.06. The van der Waals surface area contributed by atoms with Gasteiger partial charge in [0, 0.05) is 43.8 Å². The molecule has 1 fully saturated rings. The van der Waals surface area contributed by atoms with Crippen molar-refractivity contribution in [3.63, 3.8) is 0 Å². The molecule has 0 unspecified atom stereocenters. The first-order chi connectivity index (χ1) is 9.50. The first-order valence-electron chi connectivity index (χ1n) is 7.74. The van der Waals surface area contributed by atoms with Crippen molar-refractivity contribution in [1.82, 2.24) is 15.1 Å². The van der Waals surface area contributed by atoms with Crippen LogP contribution in [-0.2, 0) is 13.1 Å². The molecular formula is C16H29N3O. The zero-order valence-electron chi connectivity index (χ0n) is 13.4. The van der Waals surface area contributed by atoms with Crippen LogP contribution in [0.2, 0.25) is 0 Å². The van der Waals surface area contributed by atoms with Crippen molar-refractivity contribution >= 4 is 0 Å². The minimum Gasteiger partial charge on any atom is -0.468 e. The van der Waals surface area contributed by atoms with Gasteiger partial charge in [0.25, 0.3) is 0 Å². The van der Waals surface area contributed by atoms with Crippen molar-refractivity contribution in [3.05, 3.63) is 23.7 Å². The Morgan fingerprint density at radius 2 is 1.90 bits per heavy atom. The van der Waals surface area contributed by atoms with Crippen LogP contribution in [0.15, 0.2) is 16.7 Å². The number of rotatable bonds is 5. The topological polar surface area (TPSA) is 31.7 Å². The molecule has 0 amide bonds. The maximum Gasteiger partial charge on any atom is 0.122 e. The molecule has 1 aliphatic heterocycles. The van der Waals surface area contributed by atoms with Gasteiger partial charge in [0.2, 0.25) is 0 Å². The SMILES string of the molecule is CCNCc1ccoc1CN1CCN(C(C)(C)C)CC1. The van der Waals surface area contributed by atoms with E-state index in [-0.39, 0.29) is 5.54 Å². The molecule has 0 saturated carbocycles. The molecule has 0 atom stereocenters. The van der Waals surface area contributed by atoms with E-state index < -0.39 is 0 Å². The van der Waals surface area contributed by atoms with Gasteiger partial charge < -0.3 is 9.73 Å². The van der Waals surface area contributed by atoms with Gasteiger partial charge in [0.15, 0.2) is 0 Å². The summed E-state index contributed by atoms with van der Waals surface area (Å²) in [5, 5.41) is 3.37. The van der Waals surface area contributed by atoms with Crippen molar-refractivity contribution in [2.24, 2.45) is 0 Å². The highest BCUT2D eigenvalue weighted by Gasteiger charge is 2.26. The fourth-order valence-electron chi connectivity index (χ4n) is 2.70. The third-order valence-electron chi connectivity index (χ3n) is 4.09. The summed E-state index contributed by atoms with van der Waals surface area (Å²) >= 11 is 0. The minimum absolute atomic E-state index is 0.285. The number of hydrogen-bond donors (Lipinski definition) is 1. The molecule has 1 aromatic heterocycles. The second-order valence-electron chi connectivity index (χ2n) is 6.58. The highest BCUT2D eigenvalue weighted by molar-refractivity contribution is 5.16. The first kappa shape index (κ1) is 15.5. The van der Waals surface area contributed by atoms with Crippen LogP contribution in [0.3, 0.4) is 0 Å². The lowest BCUT2D eigenvalue weighted by atomic mass is 10.0. The van der Waals surface area contributed by atoms with Crippen molar-refractivity contribution < 1.29 is 4.42 Å². The molecule has 0 radical (unpaired) electrons. The van der Waals surface area contributed by atoms with Gasteiger partial charge in [-0.1, -0.05) is 6.92 Å². The fraction of sp³-hybridized carbons (Fsp3) is 0.750. The van der Waals surface area contributed by atoms with Crippen LogP contribution in [0.1, 0.15) is 39.0 Å².